The van der Waals surface area contributed by atoms with E-state index in [1.807, 2.05) is 30.3 Å². The lowest BCUT2D eigenvalue weighted by Gasteiger charge is -2.35. The molecule has 1 aromatic carbocycles. The monoisotopic (exact) mass is 303 g/mol. The van der Waals surface area contributed by atoms with Gasteiger partial charge in [-0.05, 0) is 43.1 Å². The summed E-state index contributed by atoms with van der Waals surface area (Å²) in [6.07, 6.45) is 3.17. The normalized spacial score (nSPS) is 29.1. The highest BCUT2D eigenvalue weighted by atomic mass is 16.6. The first-order chi connectivity index (χ1) is 10.6. The van der Waals surface area contributed by atoms with Crippen LogP contribution in [-0.2, 0) is 20.9 Å². The molecule has 5 heteroatoms. The third-order valence-corrected chi connectivity index (χ3v) is 4.94. The first-order valence-electron chi connectivity index (χ1n) is 7.71. The number of methoxy groups -OCH3 is 1. The maximum absolute atomic E-state index is 12.2. The number of carbonyl (C=O) groups excluding carboxylic acids is 2. The van der Waals surface area contributed by atoms with Crippen molar-refractivity contribution < 1.29 is 19.1 Å². The summed E-state index contributed by atoms with van der Waals surface area (Å²) in [4.78, 5) is 24.4. The molecule has 2 aliphatic carbocycles. The summed E-state index contributed by atoms with van der Waals surface area (Å²) in [5, 5.41) is 2.81. The molecule has 3 unspecified atom stereocenters. The van der Waals surface area contributed by atoms with Crippen LogP contribution in [0, 0.1) is 11.8 Å². The highest BCUT2D eigenvalue weighted by Crippen LogP contribution is 2.51. The van der Waals surface area contributed by atoms with Crippen molar-refractivity contribution in [3.63, 3.8) is 0 Å². The number of alkyl carbamates (subject to hydrolysis) is 1. The number of hydrogen-bond acceptors (Lipinski definition) is 4. The molecule has 2 aliphatic rings. The van der Waals surface area contributed by atoms with E-state index < -0.39 is 11.6 Å². The van der Waals surface area contributed by atoms with E-state index in [4.69, 9.17) is 9.47 Å². The Balaban J connectivity index is 1.64. The lowest BCUT2D eigenvalue weighted by atomic mass is 9.81. The lowest BCUT2D eigenvalue weighted by molar-refractivity contribution is -0.150. The third-order valence-electron chi connectivity index (χ3n) is 4.94. The number of ether oxygens (including phenoxy) is 2. The zero-order valence-electron chi connectivity index (χ0n) is 12.7. The van der Waals surface area contributed by atoms with Gasteiger partial charge in [0, 0.05) is 0 Å². The summed E-state index contributed by atoms with van der Waals surface area (Å²) in [5.74, 6) is 0.309. The Morgan fingerprint density at radius 1 is 1.27 bits per heavy atom. The van der Waals surface area contributed by atoms with Crippen LogP contribution >= 0.6 is 0 Å². The fraction of sp³-hybridized carbons (Fsp3) is 0.529. The van der Waals surface area contributed by atoms with Crippen molar-refractivity contribution in [1.82, 2.24) is 5.32 Å². The molecular formula is C17H21NO4. The maximum Gasteiger partial charge on any atom is 0.408 e. The highest BCUT2D eigenvalue weighted by molar-refractivity contribution is 5.86. The average molecular weight is 303 g/mol. The van der Waals surface area contributed by atoms with E-state index >= 15 is 0 Å². The molecule has 1 N–H and O–H groups in total. The zero-order chi connectivity index (χ0) is 15.6. The second kappa shape index (κ2) is 5.99. The van der Waals surface area contributed by atoms with Crippen molar-refractivity contribution in [2.45, 2.75) is 37.8 Å². The van der Waals surface area contributed by atoms with E-state index in [9.17, 15) is 9.59 Å². The average Bonchev–Trinajstić information content (AvgIpc) is 3.14. The van der Waals surface area contributed by atoms with Gasteiger partial charge in [-0.3, -0.25) is 0 Å². The third kappa shape index (κ3) is 2.67. The molecule has 0 heterocycles. The van der Waals surface area contributed by atoms with Crippen molar-refractivity contribution in [1.29, 1.82) is 0 Å². The second-order valence-electron chi connectivity index (χ2n) is 6.23. The van der Waals surface area contributed by atoms with Gasteiger partial charge in [0.2, 0.25) is 0 Å². The van der Waals surface area contributed by atoms with Gasteiger partial charge in [0.25, 0.3) is 0 Å². The molecule has 0 saturated heterocycles. The lowest BCUT2D eigenvalue weighted by Crippen LogP contribution is -2.58. The van der Waals surface area contributed by atoms with Crippen molar-refractivity contribution in [3.8, 4) is 0 Å². The van der Waals surface area contributed by atoms with Gasteiger partial charge < -0.3 is 14.8 Å². The first-order valence-corrected chi connectivity index (χ1v) is 7.71. The van der Waals surface area contributed by atoms with Crippen LogP contribution in [0.4, 0.5) is 4.79 Å². The largest absolute Gasteiger partial charge is 0.467 e. The fourth-order valence-electron chi connectivity index (χ4n) is 3.91. The minimum Gasteiger partial charge on any atom is -0.467 e. The number of hydrogen-bond donors (Lipinski definition) is 1. The van der Waals surface area contributed by atoms with Crippen LogP contribution in [0.5, 0.6) is 0 Å². The SMILES string of the molecule is COC(=O)C1(NC(=O)OCc2ccccc2)CC2CCC1C2. The molecule has 1 amide bonds. The molecule has 3 atom stereocenters. The van der Waals surface area contributed by atoms with Crippen LogP contribution in [0.25, 0.3) is 0 Å². The number of nitrogens with one attached hydrogen (secondary N) is 1. The Bertz CT molecular complexity index is 559. The summed E-state index contributed by atoms with van der Waals surface area (Å²) in [6, 6.07) is 9.47. The number of fused-ring (bicyclic) bond motifs is 2. The molecular weight excluding hydrogens is 282 g/mol. The van der Waals surface area contributed by atoms with Crippen LogP contribution in [0.2, 0.25) is 0 Å². The van der Waals surface area contributed by atoms with Crippen LogP contribution in [0.15, 0.2) is 30.3 Å². The van der Waals surface area contributed by atoms with Gasteiger partial charge >= 0.3 is 12.1 Å². The van der Waals surface area contributed by atoms with E-state index in [0.717, 1.165) is 24.8 Å². The van der Waals surface area contributed by atoms with Gasteiger partial charge in [-0.1, -0.05) is 30.3 Å². The van der Waals surface area contributed by atoms with E-state index in [2.05, 4.69) is 5.32 Å². The Labute approximate surface area is 130 Å². The minimum absolute atomic E-state index is 0.161. The minimum atomic E-state index is -0.897. The van der Waals surface area contributed by atoms with E-state index in [1.54, 1.807) is 0 Å². The van der Waals surface area contributed by atoms with Crippen LogP contribution in [0.3, 0.4) is 0 Å². The number of carbonyl (C=O) groups is 2. The molecule has 1 aromatic rings. The van der Waals surface area contributed by atoms with Gasteiger partial charge in [-0.25, -0.2) is 9.59 Å². The van der Waals surface area contributed by atoms with Gasteiger partial charge in [0.15, 0.2) is 0 Å². The van der Waals surface area contributed by atoms with Gasteiger partial charge in [-0.2, -0.15) is 0 Å². The zero-order valence-corrected chi connectivity index (χ0v) is 12.7. The molecule has 5 nitrogen and oxygen atoms in total. The predicted molar refractivity (Wildman–Crippen MR) is 80.0 cm³/mol. The molecule has 0 spiro atoms. The standard InChI is InChI=1S/C17H21NO4/c1-21-15(19)17(10-13-7-8-14(17)9-13)18-16(20)22-11-12-5-3-2-4-6-12/h2-6,13-14H,7-11H2,1H3,(H,18,20). The maximum atomic E-state index is 12.2. The van der Waals surface area contributed by atoms with Gasteiger partial charge in [0.05, 0.1) is 7.11 Å². The van der Waals surface area contributed by atoms with Gasteiger partial charge in [-0.15, -0.1) is 0 Å². The molecule has 0 aliphatic heterocycles. The molecule has 22 heavy (non-hydrogen) atoms. The Kier molecular flexibility index (Phi) is 4.05. The van der Waals surface area contributed by atoms with Crippen molar-refractivity contribution >= 4 is 12.1 Å². The first kappa shape index (κ1) is 14.9. The quantitative estimate of drug-likeness (QED) is 0.869. The number of rotatable bonds is 4. The van der Waals surface area contributed by atoms with Crippen molar-refractivity contribution in [2.24, 2.45) is 11.8 Å². The molecule has 2 fully saturated rings. The van der Waals surface area contributed by atoms with Crippen molar-refractivity contribution in [2.75, 3.05) is 7.11 Å². The summed E-state index contributed by atoms with van der Waals surface area (Å²) in [5.41, 5.74) is 0.0172. The summed E-state index contributed by atoms with van der Waals surface area (Å²) < 4.78 is 10.2. The van der Waals surface area contributed by atoms with Crippen molar-refractivity contribution in [3.05, 3.63) is 35.9 Å². The van der Waals surface area contributed by atoms with Crippen LogP contribution < -0.4 is 5.32 Å². The van der Waals surface area contributed by atoms with Crippen LogP contribution in [0.1, 0.15) is 31.2 Å². The van der Waals surface area contributed by atoms with E-state index in [-0.39, 0.29) is 18.5 Å². The second-order valence-corrected chi connectivity index (χ2v) is 6.23. The highest BCUT2D eigenvalue weighted by Gasteiger charge is 2.57. The number of benzene rings is 1. The Morgan fingerprint density at radius 2 is 2.05 bits per heavy atom. The molecule has 2 bridgehead atoms. The smallest absolute Gasteiger partial charge is 0.408 e. The molecule has 0 radical (unpaired) electrons. The number of esters is 1. The molecule has 3 rings (SSSR count). The Hall–Kier alpha value is -2.04. The van der Waals surface area contributed by atoms with E-state index in [0.29, 0.717) is 12.3 Å². The predicted octanol–water partition coefficient (Wildman–Crippen LogP) is 2.64. The molecule has 2 saturated carbocycles. The fourth-order valence-corrected chi connectivity index (χ4v) is 3.91. The summed E-state index contributed by atoms with van der Waals surface area (Å²) in [6.45, 7) is 0.192. The van der Waals surface area contributed by atoms with E-state index in [1.165, 1.54) is 7.11 Å². The topological polar surface area (TPSA) is 64.6 Å². The summed E-state index contributed by atoms with van der Waals surface area (Å²) in [7, 11) is 1.37. The number of amides is 1. The van der Waals surface area contributed by atoms with Crippen LogP contribution in [-0.4, -0.2) is 24.7 Å². The molecule has 118 valence electrons. The van der Waals surface area contributed by atoms with Gasteiger partial charge in [0.1, 0.15) is 12.1 Å². The Morgan fingerprint density at radius 3 is 2.64 bits per heavy atom. The molecule has 0 aromatic heterocycles. The summed E-state index contributed by atoms with van der Waals surface area (Å²) >= 11 is 0.